The van der Waals surface area contributed by atoms with E-state index in [9.17, 15) is 19.2 Å². The molecule has 3 heterocycles. The highest BCUT2D eigenvalue weighted by atomic mass is 32.2. The maximum absolute atomic E-state index is 11.8. The van der Waals surface area contributed by atoms with Gasteiger partial charge in [0.2, 0.25) is 0 Å². The highest BCUT2D eigenvalue weighted by molar-refractivity contribution is 8.00. The van der Waals surface area contributed by atoms with E-state index in [0.717, 1.165) is 12.2 Å². The van der Waals surface area contributed by atoms with Gasteiger partial charge in [-0.25, -0.2) is 9.59 Å². The van der Waals surface area contributed by atoms with Crippen LogP contribution in [0.3, 0.4) is 0 Å². The van der Waals surface area contributed by atoms with Crippen molar-refractivity contribution in [3.63, 3.8) is 0 Å². The van der Waals surface area contributed by atoms with Crippen molar-refractivity contribution in [2.75, 3.05) is 5.75 Å². The molecule has 0 aromatic carbocycles. The van der Waals surface area contributed by atoms with Gasteiger partial charge < -0.3 is 15.5 Å². The van der Waals surface area contributed by atoms with Gasteiger partial charge >= 0.3 is 12.0 Å². The molecule has 3 N–H and O–H groups in total. The Labute approximate surface area is 142 Å². The first kappa shape index (κ1) is 16.7. The first-order valence-electron chi connectivity index (χ1n) is 7.80. The summed E-state index contributed by atoms with van der Waals surface area (Å²) < 4.78 is 0. The summed E-state index contributed by atoms with van der Waals surface area (Å²) in [6, 6.07) is 0.0826. The van der Waals surface area contributed by atoms with E-state index in [4.69, 9.17) is 10.2 Å². The Morgan fingerprint density at radius 1 is 1.25 bits per heavy atom. The van der Waals surface area contributed by atoms with Crippen molar-refractivity contribution < 1.29 is 24.0 Å². The molecule has 9 nitrogen and oxygen atoms in total. The molecule has 0 radical (unpaired) electrons. The van der Waals surface area contributed by atoms with Crippen LogP contribution in [0.4, 0.5) is 4.79 Å². The molecule has 0 aromatic rings. The molecule has 0 bridgehead atoms. The van der Waals surface area contributed by atoms with E-state index >= 15 is 0 Å². The molecular formula is C14H18N4O5S. The number of urea groups is 1. The van der Waals surface area contributed by atoms with Crippen LogP contribution in [0, 0.1) is 5.41 Å². The standard InChI is InChI=1S/C14H18N4O5S/c15-7(13(21)23-18-10(19)4-5-11(18)20)2-1-3-9-12-8(6-24-9)16-14(22)17-12/h8-9,12,15H,1-6H2,(H2,16,17,22)/t8-,9-,12-/m0/s1. The maximum Gasteiger partial charge on any atom is 0.377 e. The van der Waals surface area contributed by atoms with Crippen molar-refractivity contribution in [2.24, 2.45) is 0 Å². The smallest absolute Gasteiger partial charge is 0.332 e. The quantitative estimate of drug-likeness (QED) is 0.348. The Kier molecular flexibility index (Phi) is 4.74. The van der Waals surface area contributed by atoms with Gasteiger partial charge in [0.05, 0.1) is 12.1 Å². The molecule has 3 aliphatic rings. The van der Waals surface area contributed by atoms with Crippen molar-refractivity contribution in [3.05, 3.63) is 0 Å². The second-order valence-electron chi connectivity index (χ2n) is 5.95. The Bertz CT molecular complexity index is 594. The lowest BCUT2D eigenvalue weighted by atomic mass is 10.0. The van der Waals surface area contributed by atoms with Crippen LogP contribution in [0.5, 0.6) is 0 Å². The van der Waals surface area contributed by atoms with Gasteiger partial charge in [0, 0.05) is 23.8 Å². The van der Waals surface area contributed by atoms with E-state index in [0.29, 0.717) is 11.5 Å². The number of hydrogen-bond donors (Lipinski definition) is 3. The van der Waals surface area contributed by atoms with Gasteiger partial charge in [-0.1, -0.05) is 0 Å². The fraction of sp³-hybridized carbons (Fsp3) is 0.643. The summed E-state index contributed by atoms with van der Waals surface area (Å²) >= 11 is 1.76. The fourth-order valence-corrected chi connectivity index (χ4v) is 4.56. The first-order chi connectivity index (χ1) is 11.5. The number of amides is 4. The van der Waals surface area contributed by atoms with Crippen LogP contribution in [0.2, 0.25) is 0 Å². The van der Waals surface area contributed by atoms with E-state index in [1.807, 2.05) is 0 Å². The van der Waals surface area contributed by atoms with Crippen molar-refractivity contribution in [1.82, 2.24) is 15.7 Å². The van der Waals surface area contributed by atoms with Gasteiger partial charge in [0.15, 0.2) is 0 Å². The number of rotatable bonds is 6. The molecule has 0 spiro atoms. The summed E-state index contributed by atoms with van der Waals surface area (Å²) in [5.41, 5.74) is -0.268. The summed E-state index contributed by atoms with van der Waals surface area (Å²) in [5.74, 6) is -1.23. The van der Waals surface area contributed by atoms with Gasteiger partial charge in [-0.2, -0.15) is 11.8 Å². The zero-order valence-corrected chi connectivity index (χ0v) is 13.7. The molecule has 10 heteroatoms. The molecular weight excluding hydrogens is 336 g/mol. The van der Waals surface area contributed by atoms with Gasteiger partial charge in [0.25, 0.3) is 11.8 Å². The van der Waals surface area contributed by atoms with Crippen LogP contribution in [0.25, 0.3) is 0 Å². The number of nitrogens with one attached hydrogen (secondary N) is 3. The highest BCUT2D eigenvalue weighted by Gasteiger charge is 2.42. The van der Waals surface area contributed by atoms with Gasteiger partial charge in [-0.05, 0) is 19.3 Å². The molecule has 3 saturated heterocycles. The number of hydroxylamine groups is 2. The Morgan fingerprint density at radius 3 is 2.67 bits per heavy atom. The maximum atomic E-state index is 11.8. The molecule has 0 aliphatic carbocycles. The predicted octanol–water partition coefficient (Wildman–Crippen LogP) is -0.0509. The minimum atomic E-state index is -0.966. The normalized spacial score (nSPS) is 28.6. The van der Waals surface area contributed by atoms with Crippen LogP contribution in [0.1, 0.15) is 32.1 Å². The van der Waals surface area contributed by atoms with E-state index < -0.39 is 17.8 Å². The van der Waals surface area contributed by atoms with Crippen molar-refractivity contribution in [3.8, 4) is 0 Å². The summed E-state index contributed by atoms with van der Waals surface area (Å²) in [6.45, 7) is 0. The first-order valence-corrected chi connectivity index (χ1v) is 8.84. The van der Waals surface area contributed by atoms with Gasteiger partial charge in [-0.15, -0.1) is 5.06 Å². The van der Waals surface area contributed by atoms with Gasteiger partial charge in [-0.3, -0.25) is 15.0 Å². The van der Waals surface area contributed by atoms with E-state index in [1.54, 1.807) is 11.8 Å². The minimum Gasteiger partial charge on any atom is -0.332 e. The van der Waals surface area contributed by atoms with E-state index in [-0.39, 0.29) is 48.3 Å². The Morgan fingerprint density at radius 2 is 1.96 bits per heavy atom. The topological polar surface area (TPSA) is 129 Å². The average molecular weight is 354 g/mol. The summed E-state index contributed by atoms with van der Waals surface area (Å²) in [7, 11) is 0. The SMILES string of the molecule is N=C(CCC[C@@H]1SC[C@@H]2NC(=O)N[C@@H]21)C(=O)ON1C(=O)CCC1=O. The Balaban J connectivity index is 1.41. The van der Waals surface area contributed by atoms with Crippen molar-refractivity contribution in [1.29, 1.82) is 5.41 Å². The molecule has 0 aromatic heterocycles. The summed E-state index contributed by atoms with van der Waals surface area (Å²) in [4.78, 5) is 50.5. The summed E-state index contributed by atoms with van der Waals surface area (Å²) in [5, 5.41) is 14.2. The molecule has 0 unspecified atom stereocenters. The number of hydrogen-bond acceptors (Lipinski definition) is 7. The van der Waals surface area contributed by atoms with Crippen molar-refractivity contribution in [2.45, 2.75) is 49.4 Å². The number of nitrogens with zero attached hydrogens (tertiary/aromatic N) is 1. The number of thioether (sulfide) groups is 1. The molecule has 3 rings (SSSR count). The number of carbonyl (C=O) groups excluding carboxylic acids is 4. The zero-order chi connectivity index (χ0) is 17.3. The van der Waals surface area contributed by atoms with Crippen LogP contribution in [0.15, 0.2) is 0 Å². The molecule has 24 heavy (non-hydrogen) atoms. The van der Waals surface area contributed by atoms with Crippen molar-refractivity contribution >= 4 is 41.3 Å². The van der Waals surface area contributed by atoms with Gasteiger partial charge in [0.1, 0.15) is 5.71 Å². The minimum absolute atomic E-state index is 0.0284. The lowest BCUT2D eigenvalue weighted by molar-refractivity contribution is -0.192. The lowest BCUT2D eigenvalue weighted by Crippen LogP contribution is -2.37. The lowest BCUT2D eigenvalue weighted by Gasteiger charge is -2.16. The van der Waals surface area contributed by atoms with Crippen LogP contribution in [-0.4, -0.2) is 57.7 Å². The number of imide groups is 1. The Hall–Kier alpha value is -2.10. The number of carbonyl (C=O) groups is 4. The molecule has 3 fully saturated rings. The molecule has 3 aliphatic heterocycles. The second-order valence-corrected chi connectivity index (χ2v) is 7.23. The van der Waals surface area contributed by atoms with Crippen LogP contribution in [-0.2, 0) is 19.2 Å². The molecule has 0 saturated carbocycles. The third-order valence-electron chi connectivity index (χ3n) is 4.28. The number of fused-ring (bicyclic) bond motifs is 1. The third kappa shape index (κ3) is 3.37. The van der Waals surface area contributed by atoms with E-state index in [1.165, 1.54) is 0 Å². The third-order valence-corrected chi connectivity index (χ3v) is 5.79. The monoisotopic (exact) mass is 354 g/mol. The van der Waals surface area contributed by atoms with Crippen LogP contribution >= 0.6 is 11.8 Å². The average Bonchev–Trinajstić information content (AvgIpc) is 3.18. The van der Waals surface area contributed by atoms with E-state index in [2.05, 4.69) is 10.6 Å². The largest absolute Gasteiger partial charge is 0.377 e. The molecule has 3 atom stereocenters. The molecule has 4 amide bonds. The highest BCUT2D eigenvalue weighted by Crippen LogP contribution is 2.33. The second kappa shape index (κ2) is 6.80. The zero-order valence-electron chi connectivity index (χ0n) is 12.9. The fourth-order valence-electron chi connectivity index (χ4n) is 3.02. The summed E-state index contributed by atoms with van der Waals surface area (Å²) in [6.07, 6.45) is 1.60. The van der Waals surface area contributed by atoms with Crippen LogP contribution < -0.4 is 10.6 Å². The predicted molar refractivity (Wildman–Crippen MR) is 84.2 cm³/mol. The molecule has 130 valence electrons.